The summed E-state index contributed by atoms with van der Waals surface area (Å²) in [6.07, 6.45) is 1.33. The van der Waals surface area contributed by atoms with E-state index in [4.69, 9.17) is 9.47 Å². The second-order valence-electron chi connectivity index (χ2n) is 10.6. The molecule has 1 aliphatic heterocycles. The first-order valence-corrected chi connectivity index (χ1v) is 13.0. The van der Waals surface area contributed by atoms with Gasteiger partial charge in [0.05, 0.1) is 12.2 Å². The Labute approximate surface area is 224 Å². The number of ether oxygens (including phenoxy) is 2. The molecule has 7 nitrogen and oxygen atoms in total. The number of anilines is 1. The maximum absolute atomic E-state index is 12.7. The zero-order valence-corrected chi connectivity index (χ0v) is 22.5. The largest absolute Gasteiger partial charge is 0.493 e. The minimum absolute atomic E-state index is 0.353. The van der Waals surface area contributed by atoms with Crippen molar-refractivity contribution in [3.8, 4) is 16.9 Å². The van der Waals surface area contributed by atoms with E-state index in [1.165, 1.54) is 0 Å². The van der Waals surface area contributed by atoms with Crippen molar-refractivity contribution in [1.29, 1.82) is 0 Å². The molecular weight excluding hydrogens is 480 g/mol. The Balaban J connectivity index is 1.65. The van der Waals surface area contributed by atoms with E-state index >= 15 is 0 Å². The Morgan fingerprint density at radius 1 is 1.08 bits per heavy atom. The molecule has 1 atom stereocenters. The van der Waals surface area contributed by atoms with E-state index < -0.39 is 17.7 Å². The molecule has 0 radical (unpaired) electrons. The van der Waals surface area contributed by atoms with Crippen LogP contribution in [0.5, 0.6) is 5.75 Å². The van der Waals surface area contributed by atoms with Crippen LogP contribution in [0, 0.1) is 6.92 Å². The van der Waals surface area contributed by atoms with Crippen molar-refractivity contribution in [2.75, 3.05) is 18.5 Å². The van der Waals surface area contributed by atoms with Crippen molar-refractivity contribution < 1.29 is 24.2 Å². The van der Waals surface area contributed by atoms with E-state index in [1.54, 1.807) is 6.07 Å². The van der Waals surface area contributed by atoms with E-state index in [0.717, 1.165) is 46.4 Å². The molecule has 0 saturated carbocycles. The molecule has 7 heteroatoms. The van der Waals surface area contributed by atoms with E-state index in [0.29, 0.717) is 30.8 Å². The summed E-state index contributed by atoms with van der Waals surface area (Å²) in [6, 6.07) is 19.1. The lowest BCUT2D eigenvalue weighted by Gasteiger charge is -2.28. The van der Waals surface area contributed by atoms with Crippen LogP contribution < -0.4 is 15.4 Å². The van der Waals surface area contributed by atoms with Crippen LogP contribution in [0.25, 0.3) is 11.1 Å². The smallest absolute Gasteiger partial charge is 0.337 e. The minimum atomic E-state index is -1.22. The van der Waals surface area contributed by atoms with Crippen LogP contribution in [0.4, 0.5) is 10.5 Å². The van der Waals surface area contributed by atoms with Crippen molar-refractivity contribution in [3.05, 3.63) is 82.9 Å². The second-order valence-corrected chi connectivity index (χ2v) is 10.6. The zero-order chi connectivity index (χ0) is 27.3. The highest BCUT2D eigenvalue weighted by molar-refractivity contribution is 5.91. The molecular formula is C31H36N2O5. The molecule has 0 aromatic heterocycles. The quantitative estimate of drug-likeness (QED) is 0.327. The van der Waals surface area contributed by atoms with Gasteiger partial charge in [-0.3, -0.25) is 0 Å². The normalized spacial score (nSPS) is 13.7. The predicted octanol–water partition coefficient (Wildman–Crippen LogP) is 6.29. The summed E-state index contributed by atoms with van der Waals surface area (Å²) in [7, 11) is 0. The molecule has 1 unspecified atom stereocenters. The molecule has 2 amide bonds. The van der Waals surface area contributed by atoms with Crippen molar-refractivity contribution in [3.63, 3.8) is 0 Å². The number of nitrogens with one attached hydrogen (secondary N) is 2. The highest BCUT2D eigenvalue weighted by Crippen LogP contribution is 2.39. The third kappa shape index (κ3) is 6.92. The molecule has 0 aliphatic carbocycles. The van der Waals surface area contributed by atoms with Crippen LogP contribution in [-0.2, 0) is 22.4 Å². The molecule has 38 heavy (non-hydrogen) atoms. The molecule has 0 spiro atoms. The standard InChI is InChI=1S/C31H36N2O5/c1-20-17-24(33-30(36)32-15-14-21-9-6-5-7-10-21)19-25(28(29(34)35)38-31(2,3)4)27(20)23-12-13-26-22(18-23)11-8-16-37-26/h5-7,9-10,12-13,17-19,28H,8,11,14-16H2,1-4H3,(H,34,35)(H2,32,33,36). The third-order valence-electron chi connectivity index (χ3n) is 6.34. The number of carboxylic acids is 1. The molecule has 4 rings (SSSR count). The Hall–Kier alpha value is -3.84. The zero-order valence-electron chi connectivity index (χ0n) is 22.5. The fourth-order valence-corrected chi connectivity index (χ4v) is 4.74. The summed E-state index contributed by atoms with van der Waals surface area (Å²) < 4.78 is 11.8. The van der Waals surface area contributed by atoms with Crippen molar-refractivity contribution >= 4 is 17.7 Å². The lowest BCUT2D eigenvalue weighted by molar-refractivity contribution is -0.160. The van der Waals surface area contributed by atoms with Crippen LogP contribution in [0.1, 0.15) is 55.5 Å². The number of benzene rings is 3. The third-order valence-corrected chi connectivity index (χ3v) is 6.34. The number of amides is 2. The number of aryl methyl sites for hydroxylation is 2. The van der Waals surface area contributed by atoms with Crippen molar-refractivity contribution in [1.82, 2.24) is 5.32 Å². The molecule has 0 bridgehead atoms. The van der Waals surface area contributed by atoms with Gasteiger partial charge in [-0.15, -0.1) is 0 Å². The van der Waals surface area contributed by atoms with Gasteiger partial charge in [-0.1, -0.05) is 36.4 Å². The maximum Gasteiger partial charge on any atom is 0.337 e. The maximum atomic E-state index is 12.7. The van der Waals surface area contributed by atoms with E-state index in [-0.39, 0.29) is 6.03 Å². The van der Waals surface area contributed by atoms with Gasteiger partial charge >= 0.3 is 12.0 Å². The molecule has 1 heterocycles. The molecule has 1 aliphatic rings. The van der Waals surface area contributed by atoms with Gasteiger partial charge in [0.2, 0.25) is 0 Å². The number of urea groups is 1. The van der Waals surface area contributed by atoms with Gasteiger partial charge in [-0.25, -0.2) is 9.59 Å². The van der Waals surface area contributed by atoms with Crippen LogP contribution in [0.15, 0.2) is 60.7 Å². The van der Waals surface area contributed by atoms with Gasteiger partial charge in [-0.05, 0) is 99.0 Å². The Morgan fingerprint density at radius 3 is 2.55 bits per heavy atom. The Kier molecular flexibility index (Phi) is 8.37. The van der Waals surface area contributed by atoms with Gasteiger partial charge in [0, 0.05) is 17.8 Å². The van der Waals surface area contributed by atoms with Crippen LogP contribution in [-0.4, -0.2) is 35.9 Å². The van der Waals surface area contributed by atoms with Gasteiger partial charge < -0.3 is 25.2 Å². The van der Waals surface area contributed by atoms with Gasteiger partial charge in [-0.2, -0.15) is 0 Å². The Bertz CT molecular complexity index is 1300. The number of fused-ring (bicyclic) bond motifs is 1. The number of aliphatic carboxylic acids is 1. The predicted molar refractivity (Wildman–Crippen MR) is 149 cm³/mol. The summed E-state index contributed by atoms with van der Waals surface area (Å²) in [4.78, 5) is 25.2. The van der Waals surface area contributed by atoms with Crippen LogP contribution in [0.3, 0.4) is 0 Å². The van der Waals surface area contributed by atoms with Gasteiger partial charge in [0.25, 0.3) is 0 Å². The number of carbonyl (C=O) groups excluding carboxylic acids is 1. The number of rotatable bonds is 8. The van der Waals surface area contributed by atoms with Crippen LogP contribution >= 0.6 is 0 Å². The number of hydrogen-bond donors (Lipinski definition) is 3. The number of hydrogen-bond acceptors (Lipinski definition) is 4. The highest BCUT2D eigenvalue weighted by Gasteiger charge is 2.30. The lowest BCUT2D eigenvalue weighted by atomic mass is 9.89. The lowest BCUT2D eigenvalue weighted by Crippen LogP contribution is -2.31. The molecule has 3 N–H and O–H groups in total. The molecule has 3 aromatic carbocycles. The molecule has 3 aromatic rings. The minimum Gasteiger partial charge on any atom is -0.493 e. The molecule has 0 saturated heterocycles. The summed E-state index contributed by atoms with van der Waals surface area (Å²) >= 11 is 0. The van der Waals surface area contributed by atoms with E-state index in [2.05, 4.69) is 16.7 Å². The first kappa shape index (κ1) is 27.2. The average Bonchev–Trinajstić information content (AvgIpc) is 2.86. The first-order valence-electron chi connectivity index (χ1n) is 13.0. The summed E-state index contributed by atoms with van der Waals surface area (Å²) in [5.74, 6) is -0.225. The van der Waals surface area contributed by atoms with Crippen LogP contribution in [0.2, 0.25) is 0 Å². The van der Waals surface area contributed by atoms with E-state index in [9.17, 15) is 14.7 Å². The number of carbonyl (C=O) groups is 2. The van der Waals surface area contributed by atoms with E-state index in [1.807, 2.05) is 76.2 Å². The summed E-state index contributed by atoms with van der Waals surface area (Å²) in [5, 5.41) is 16.0. The average molecular weight is 517 g/mol. The monoisotopic (exact) mass is 516 g/mol. The Morgan fingerprint density at radius 2 is 1.84 bits per heavy atom. The van der Waals surface area contributed by atoms with Crippen molar-refractivity contribution in [2.45, 2.75) is 58.7 Å². The fourth-order valence-electron chi connectivity index (χ4n) is 4.74. The van der Waals surface area contributed by atoms with Crippen molar-refractivity contribution in [2.24, 2.45) is 0 Å². The highest BCUT2D eigenvalue weighted by atomic mass is 16.5. The molecule has 200 valence electrons. The fraction of sp³-hybridized carbons (Fsp3) is 0.355. The van der Waals surface area contributed by atoms with Gasteiger partial charge in [0.15, 0.2) is 6.10 Å². The van der Waals surface area contributed by atoms with Gasteiger partial charge in [0.1, 0.15) is 5.75 Å². The first-order chi connectivity index (χ1) is 18.1. The summed E-state index contributed by atoms with van der Waals surface area (Å²) in [6.45, 7) is 8.58. The second kappa shape index (κ2) is 11.7. The summed E-state index contributed by atoms with van der Waals surface area (Å²) in [5.41, 5.74) is 5.04. The SMILES string of the molecule is Cc1cc(NC(=O)NCCc2ccccc2)cc(C(OC(C)(C)C)C(=O)O)c1-c1ccc2c(c1)CCCO2. The molecule has 0 fully saturated rings. The number of carboxylic acid groups (broad SMARTS) is 1. The topological polar surface area (TPSA) is 96.9 Å².